The molecule has 2 N–H and O–H groups in total. The highest BCUT2D eigenvalue weighted by atomic mass is 19.1. The number of aryl methyl sites for hydroxylation is 2. The van der Waals surface area contributed by atoms with E-state index in [0.717, 1.165) is 25.1 Å². The molecule has 0 atom stereocenters. The van der Waals surface area contributed by atoms with Gasteiger partial charge in [-0.2, -0.15) is 9.49 Å². The molecule has 5 nitrogen and oxygen atoms in total. The average Bonchev–Trinajstić information content (AvgIpc) is 2.71. The van der Waals surface area contributed by atoms with Crippen LogP contribution >= 0.6 is 0 Å². The number of rotatable bonds is 5. The Kier molecular flexibility index (Phi) is 3.64. The molecule has 2 aromatic rings. The van der Waals surface area contributed by atoms with Crippen LogP contribution in [0.1, 0.15) is 17.7 Å². The molecule has 2 rings (SSSR count). The minimum absolute atomic E-state index is 0.515. The fourth-order valence-corrected chi connectivity index (χ4v) is 1.55. The SMILES string of the molecule is Cc1[nH]ncc1CCCNc1cc(F)ncn1. The van der Waals surface area contributed by atoms with E-state index in [1.807, 2.05) is 13.1 Å². The maximum absolute atomic E-state index is 12.7. The molecule has 0 aliphatic rings. The van der Waals surface area contributed by atoms with E-state index in [2.05, 4.69) is 25.5 Å². The van der Waals surface area contributed by atoms with Gasteiger partial charge in [0.25, 0.3) is 0 Å². The van der Waals surface area contributed by atoms with Crippen LogP contribution in [0.25, 0.3) is 0 Å². The molecule has 0 aliphatic heterocycles. The monoisotopic (exact) mass is 235 g/mol. The summed E-state index contributed by atoms with van der Waals surface area (Å²) in [6, 6.07) is 1.28. The lowest BCUT2D eigenvalue weighted by Gasteiger charge is -2.04. The number of hydrogen-bond donors (Lipinski definition) is 2. The number of nitrogens with zero attached hydrogens (tertiary/aromatic N) is 3. The second-order valence-corrected chi connectivity index (χ2v) is 3.78. The molecule has 17 heavy (non-hydrogen) atoms. The maximum Gasteiger partial charge on any atom is 0.217 e. The van der Waals surface area contributed by atoms with Crippen molar-refractivity contribution in [1.29, 1.82) is 0 Å². The van der Waals surface area contributed by atoms with E-state index in [1.165, 1.54) is 18.0 Å². The third-order valence-corrected chi connectivity index (χ3v) is 2.50. The van der Waals surface area contributed by atoms with E-state index in [4.69, 9.17) is 0 Å². The molecule has 0 saturated carbocycles. The summed E-state index contributed by atoms with van der Waals surface area (Å²) in [6.07, 6.45) is 4.91. The molecule has 2 heterocycles. The molecule has 0 radical (unpaired) electrons. The number of hydrogen-bond acceptors (Lipinski definition) is 4. The molecule has 0 amide bonds. The molecule has 90 valence electrons. The number of nitrogens with one attached hydrogen (secondary N) is 2. The first-order chi connectivity index (χ1) is 8.25. The average molecular weight is 235 g/mol. The Hall–Kier alpha value is -1.98. The van der Waals surface area contributed by atoms with E-state index in [9.17, 15) is 4.39 Å². The Morgan fingerprint density at radius 3 is 3.00 bits per heavy atom. The minimum atomic E-state index is -0.520. The zero-order valence-corrected chi connectivity index (χ0v) is 9.57. The Morgan fingerprint density at radius 1 is 1.41 bits per heavy atom. The molecule has 0 bridgehead atoms. The van der Waals surface area contributed by atoms with Crippen molar-refractivity contribution in [3.05, 3.63) is 35.8 Å². The molecule has 0 aliphatic carbocycles. The lowest BCUT2D eigenvalue weighted by molar-refractivity contribution is 0.580. The van der Waals surface area contributed by atoms with Crippen LogP contribution in [0.15, 0.2) is 18.6 Å². The van der Waals surface area contributed by atoms with Gasteiger partial charge in [0, 0.05) is 18.3 Å². The summed E-state index contributed by atoms with van der Waals surface area (Å²) in [5, 5.41) is 9.89. The summed E-state index contributed by atoms with van der Waals surface area (Å²) in [7, 11) is 0. The third-order valence-electron chi connectivity index (χ3n) is 2.50. The van der Waals surface area contributed by atoms with Crippen LogP contribution in [0.4, 0.5) is 10.2 Å². The molecular weight excluding hydrogens is 221 g/mol. The van der Waals surface area contributed by atoms with Crippen LogP contribution in [0.5, 0.6) is 0 Å². The number of aromatic nitrogens is 4. The standard InChI is InChI=1S/C11H14FN5/c1-8-9(6-16-17-8)3-2-4-13-11-5-10(12)14-7-15-11/h5-7H,2-4H2,1H3,(H,16,17)(H,13,14,15). The molecular formula is C11H14FN5. The zero-order chi connectivity index (χ0) is 12.1. The summed E-state index contributed by atoms with van der Waals surface area (Å²) in [5.74, 6) is -0.00501. The van der Waals surface area contributed by atoms with Gasteiger partial charge >= 0.3 is 0 Å². The zero-order valence-electron chi connectivity index (χ0n) is 9.57. The van der Waals surface area contributed by atoms with Crippen molar-refractivity contribution in [2.24, 2.45) is 0 Å². The van der Waals surface area contributed by atoms with E-state index in [-0.39, 0.29) is 0 Å². The van der Waals surface area contributed by atoms with Crippen LogP contribution in [-0.2, 0) is 6.42 Å². The number of anilines is 1. The van der Waals surface area contributed by atoms with Crippen LogP contribution < -0.4 is 5.32 Å². The fraction of sp³-hybridized carbons (Fsp3) is 0.364. The Labute approximate surface area is 98.5 Å². The number of H-pyrrole nitrogens is 1. The smallest absolute Gasteiger partial charge is 0.217 e. The van der Waals surface area contributed by atoms with Gasteiger partial charge < -0.3 is 5.32 Å². The van der Waals surface area contributed by atoms with Crippen molar-refractivity contribution in [3.63, 3.8) is 0 Å². The molecule has 0 unspecified atom stereocenters. The van der Waals surface area contributed by atoms with Crippen molar-refractivity contribution in [3.8, 4) is 0 Å². The van der Waals surface area contributed by atoms with Gasteiger partial charge in [-0.15, -0.1) is 0 Å². The number of halogens is 1. The lowest BCUT2D eigenvalue weighted by Crippen LogP contribution is -2.05. The van der Waals surface area contributed by atoms with Crippen LogP contribution in [0.3, 0.4) is 0 Å². The molecule has 0 spiro atoms. The Balaban J connectivity index is 1.75. The first-order valence-electron chi connectivity index (χ1n) is 5.46. The largest absolute Gasteiger partial charge is 0.370 e. The summed E-state index contributed by atoms with van der Waals surface area (Å²) >= 11 is 0. The molecule has 0 fully saturated rings. The van der Waals surface area contributed by atoms with Gasteiger partial charge in [-0.05, 0) is 25.3 Å². The second-order valence-electron chi connectivity index (χ2n) is 3.78. The summed E-state index contributed by atoms with van der Waals surface area (Å²) in [6.45, 7) is 2.73. The maximum atomic E-state index is 12.7. The van der Waals surface area contributed by atoms with Crippen LogP contribution in [-0.4, -0.2) is 26.7 Å². The van der Waals surface area contributed by atoms with Crippen molar-refractivity contribution in [2.45, 2.75) is 19.8 Å². The van der Waals surface area contributed by atoms with E-state index >= 15 is 0 Å². The first kappa shape index (κ1) is 11.5. The summed E-state index contributed by atoms with van der Waals surface area (Å²) in [5.41, 5.74) is 2.30. The van der Waals surface area contributed by atoms with Crippen LogP contribution in [0.2, 0.25) is 0 Å². The van der Waals surface area contributed by atoms with Gasteiger partial charge in [0.05, 0.1) is 6.20 Å². The molecule has 6 heteroatoms. The fourth-order valence-electron chi connectivity index (χ4n) is 1.55. The quantitative estimate of drug-likeness (QED) is 0.611. The summed E-state index contributed by atoms with van der Waals surface area (Å²) in [4.78, 5) is 7.30. The van der Waals surface area contributed by atoms with E-state index in [1.54, 1.807) is 0 Å². The van der Waals surface area contributed by atoms with Crippen molar-refractivity contribution < 1.29 is 4.39 Å². The predicted molar refractivity (Wildman–Crippen MR) is 62.1 cm³/mol. The molecule has 2 aromatic heterocycles. The highest BCUT2D eigenvalue weighted by Gasteiger charge is 2.00. The van der Waals surface area contributed by atoms with Crippen molar-refractivity contribution in [2.75, 3.05) is 11.9 Å². The summed E-state index contributed by atoms with van der Waals surface area (Å²) < 4.78 is 12.7. The Bertz CT molecular complexity index is 482. The van der Waals surface area contributed by atoms with Crippen molar-refractivity contribution in [1.82, 2.24) is 20.2 Å². The van der Waals surface area contributed by atoms with E-state index in [0.29, 0.717) is 5.82 Å². The predicted octanol–water partition coefficient (Wildman–Crippen LogP) is 1.69. The first-order valence-corrected chi connectivity index (χ1v) is 5.46. The van der Waals surface area contributed by atoms with Gasteiger partial charge in [-0.1, -0.05) is 0 Å². The molecule has 0 aromatic carbocycles. The van der Waals surface area contributed by atoms with Gasteiger partial charge in [0.2, 0.25) is 5.95 Å². The van der Waals surface area contributed by atoms with Gasteiger partial charge in [0.1, 0.15) is 12.1 Å². The molecule has 0 saturated heterocycles. The number of aromatic amines is 1. The topological polar surface area (TPSA) is 66.5 Å². The third kappa shape index (κ3) is 3.24. The van der Waals surface area contributed by atoms with Gasteiger partial charge in [0.15, 0.2) is 0 Å². The van der Waals surface area contributed by atoms with Gasteiger partial charge in [-0.3, -0.25) is 5.10 Å². The highest BCUT2D eigenvalue weighted by molar-refractivity contribution is 5.31. The normalized spacial score (nSPS) is 10.5. The van der Waals surface area contributed by atoms with Crippen LogP contribution in [0, 0.1) is 12.9 Å². The van der Waals surface area contributed by atoms with E-state index < -0.39 is 5.95 Å². The Morgan fingerprint density at radius 2 is 2.29 bits per heavy atom. The highest BCUT2D eigenvalue weighted by Crippen LogP contribution is 2.07. The van der Waals surface area contributed by atoms with Crippen molar-refractivity contribution >= 4 is 5.82 Å². The minimum Gasteiger partial charge on any atom is -0.370 e. The second kappa shape index (κ2) is 5.38. The van der Waals surface area contributed by atoms with Gasteiger partial charge in [-0.25, -0.2) is 9.97 Å². The lowest BCUT2D eigenvalue weighted by atomic mass is 10.1.